The lowest BCUT2D eigenvalue weighted by atomic mass is 10.3. The van der Waals surface area contributed by atoms with Gasteiger partial charge in [0.2, 0.25) is 5.91 Å². The van der Waals surface area contributed by atoms with Crippen LogP contribution >= 0.6 is 23.4 Å². The summed E-state index contributed by atoms with van der Waals surface area (Å²) in [7, 11) is 0. The first-order valence-electron chi connectivity index (χ1n) is 9.83. The number of anilines is 1. The zero-order valence-corrected chi connectivity index (χ0v) is 19.0. The Morgan fingerprint density at radius 2 is 1.93 bits per heavy atom. The topological polar surface area (TPSA) is 51.0 Å². The largest absolute Gasteiger partial charge is 0.389 e. The number of alkyl halides is 3. The summed E-state index contributed by atoms with van der Waals surface area (Å²) in [4.78, 5) is 17.9. The fraction of sp³-hybridized carbons (Fsp3) is 0.550. The van der Waals surface area contributed by atoms with E-state index >= 15 is 0 Å². The highest BCUT2D eigenvalue weighted by molar-refractivity contribution is 7.99. The van der Waals surface area contributed by atoms with Gasteiger partial charge < -0.3 is 4.90 Å². The number of hydrogen-bond donors (Lipinski definition) is 0. The lowest BCUT2D eigenvalue weighted by Crippen LogP contribution is -2.30. The van der Waals surface area contributed by atoms with E-state index in [1.54, 1.807) is 37.6 Å². The Bertz CT molecular complexity index is 754. The number of nitrogens with zero attached hydrogens (tertiary/aromatic N) is 4. The van der Waals surface area contributed by atoms with Crippen LogP contribution in [0.4, 0.5) is 18.9 Å². The van der Waals surface area contributed by atoms with Crippen LogP contribution in [0.25, 0.3) is 5.69 Å². The molecule has 0 radical (unpaired) electrons. The van der Waals surface area contributed by atoms with Crippen LogP contribution in [0.2, 0.25) is 5.15 Å². The molecule has 0 saturated heterocycles. The predicted molar refractivity (Wildman–Crippen MR) is 118 cm³/mol. The second-order valence-electron chi connectivity index (χ2n) is 6.33. The van der Waals surface area contributed by atoms with Crippen molar-refractivity contribution in [3.8, 4) is 5.69 Å². The number of halogens is 4. The zero-order chi connectivity index (χ0) is 22.6. The van der Waals surface area contributed by atoms with Crippen LogP contribution in [-0.2, 0) is 4.79 Å². The summed E-state index contributed by atoms with van der Waals surface area (Å²) < 4.78 is 37.9. The first-order valence-corrected chi connectivity index (χ1v) is 11.4. The van der Waals surface area contributed by atoms with E-state index in [1.165, 1.54) is 22.4 Å². The molecule has 0 aliphatic rings. The second-order valence-corrected chi connectivity index (χ2v) is 7.91. The Kier molecular flexibility index (Phi) is 11.9. The molecule has 0 atom stereocenters. The van der Waals surface area contributed by atoms with E-state index in [9.17, 15) is 18.0 Å². The first-order chi connectivity index (χ1) is 14.2. The monoisotopic (exact) mass is 464 g/mol. The van der Waals surface area contributed by atoms with Crippen molar-refractivity contribution in [3.63, 3.8) is 0 Å². The molecule has 0 unspecified atom stereocenters. The van der Waals surface area contributed by atoms with Gasteiger partial charge in [-0.1, -0.05) is 38.3 Å². The average Bonchev–Trinajstić information content (AvgIpc) is 3.10. The highest BCUT2D eigenvalue weighted by Crippen LogP contribution is 2.27. The van der Waals surface area contributed by atoms with Crippen molar-refractivity contribution in [2.24, 2.45) is 0 Å². The van der Waals surface area contributed by atoms with Crippen molar-refractivity contribution in [2.45, 2.75) is 52.6 Å². The molecule has 0 aromatic carbocycles. The molecule has 0 N–H and O–H groups in total. The number of thioether (sulfide) groups is 1. The highest BCUT2D eigenvalue weighted by atomic mass is 35.5. The fourth-order valence-corrected chi connectivity index (χ4v) is 3.34. The predicted octanol–water partition coefficient (Wildman–Crippen LogP) is 6.16. The molecule has 30 heavy (non-hydrogen) atoms. The number of aromatic nitrogens is 3. The van der Waals surface area contributed by atoms with E-state index in [4.69, 9.17) is 11.6 Å². The summed E-state index contributed by atoms with van der Waals surface area (Å²) in [6, 6.07) is 3.56. The minimum atomic E-state index is -4.17. The number of unbranched alkanes of at least 4 members (excludes halogenated alkanes) is 1. The second kappa shape index (κ2) is 13.5. The summed E-state index contributed by atoms with van der Waals surface area (Å²) in [5.41, 5.74) is 1.16. The first kappa shape index (κ1) is 26.3. The maximum Gasteiger partial charge on any atom is 0.389 e. The molecule has 0 aliphatic carbocycles. The van der Waals surface area contributed by atoms with Crippen LogP contribution in [0.1, 0.15) is 46.5 Å². The molecule has 0 bridgehead atoms. The van der Waals surface area contributed by atoms with Gasteiger partial charge in [0.05, 0.1) is 24.5 Å². The molecule has 10 heteroatoms. The number of rotatable bonds is 9. The molecule has 0 aliphatic heterocycles. The van der Waals surface area contributed by atoms with Gasteiger partial charge in [0.25, 0.3) is 0 Å². The SMILES string of the molecule is CCCC.CCN(C(=O)CCSCCC(F)(F)F)c1cn(-c2cccnc2)nc1Cl. The Morgan fingerprint density at radius 3 is 2.47 bits per heavy atom. The van der Waals surface area contributed by atoms with Crippen LogP contribution in [0, 0.1) is 0 Å². The average molecular weight is 465 g/mol. The smallest absolute Gasteiger partial charge is 0.308 e. The number of carbonyl (C=O) groups is 1. The highest BCUT2D eigenvalue weighted by Gasteiger charge is 2.26. The molecule has 2 heterocycles. The molecule has 1 amide bonds. The van der Waals surface area contributed by atoms with Gasteiger partial charge in [-0.15, -0.1) is 0 Å². The third kappa shape index (κ3) is 9.38. The van der Waals surface area contributed by atoms with Crippen molar-refractivity contribution in [3.05, 3.63) is 35.9 Å². The third-order valence-corrected chi connectivity index (χ3v) is 5.21. The normalized spacial score (nSPS) is 11.0. The molecular formula is C20H28ClF3N4OS. The number of amides is 1. The maximum absolute atomic E-state index is 12.4. The van der Waals surface area contributed by atoms with Crippen molar-refractivity contribution >= 4 is 35.0 Å². The van der Waals surface area contributed by atoms with Crippen LogP contribution in [-0.4, -0.2) is 44.9 Å². The number of pyridine rings is 1. The lowest BCUT2D eigenvalue weighted by Gasteiger charge is -2.19. The minimum Gasteiger partial charge on any atom is -0.308 e. The quantitative estimate of drug-likeness (QED) is 0.417. The Morgan fingerprint density at radius 1 is 1.23 bits per heavy atom. The van der Waals surface area contributed by atoms with Crippen molar-refractivity contribution in [1.82, 2.24) is 14.8 Å². The maximum atomic E-state index is 12.4. The molecule has 0 fully saturated rings. The van der Waals surface area contributed by atoms with E-state index in [-0.39, 0.29) is 23.2 Å². The van der Waals surface area contributed by atoms with Crippen molar-refractivity contribution in [1.29, 1.82) is 0 Å². The van der Waals surface area contributed by atoms with Crippen molar-refractivity contribution < 1.29 is 18.0 Å². The molecule has 2 aromatic rings. The van der Waals surface area contributed by atoms with E-state index < -0.39 is 12.6 Å². The number of hydrogen-bond acceptors (Lipinski definition) is 4. The van der Waals surface area contributed by atoms with E-state index in [1.807, 2.05) is 0 Å². The van der Waals surface area contributed by atoms with Gasteiger partial charge in [0, 0.05) is 30.7 Å². The van der Waals surface area contributed by atoms with E-state index in [2.05, 4.69) is 23.9 Å². The molecule has 2 aromatic heterocycles. The van der Waals surface area contributed by atoms with Gasteiger partial charge in [0.1, 0.15) is 5.69 Å². The van der Waals surface area contributed by atoms with Gasteiger partial charge in [-0.2, -0.15) is 30.0 Å². The molecule has 0 spiro atoms. The van der Waals surface area contributed by atoms with E-state index in [0.29, 0.717) is 23.7 Å². The standard InChI is InChI=1S/C16H18ClF3N4OS.C4H10/c1-2-23(14(25)5-8-26-9-6-16(18,19)20)13-11-24(22-15(13)17)12-4-3-7-21-10-12;1-3-4-2/h3-4,7,10-11H,2,5-6,8-9H2,1H3;3-4H2,1-2H3. The van der Waals surface area contributed by atoms with Gasteiger partial charge in [-0.05, 0) is 19.1 Å². The summed E-state index contributed by atoms with van der Waals surface area (Å²) in [5.74, 6) is 0.0576. The lowest BCUT2D eigenvalue weighted by molar-refractivity contribution is -0.129. The van der Waals surface area contributed by atoms with Crippen LogP contribution in [0.5, 0.6) is 0 Å². The van der Waals surface area contributed by atoms with Crippen LogP contribution in [0.3, 0.4) is 0 Å². The summed E-state index contributed by atoms with van der Waals surface area (Å²) in [6.07, 6.45) is 2.63. The van der Waals surface area contributed by atoms with Crippen molar-refractivity contribution in [2.75, 3.05) is 23.0 Å². The molecular weight excluding hydrogens is 437 g/mol. The molecule has 0 saturated carbocycles. The van der Waals surface area contributed by atoms with Gasteiger partial charge in [-0.25, -0.2) is 4.68 Å². The Hall–Kier alpha value is -1.74. The van der Waals surface area contributed by atoms with Crippen LogP contribution in [0.15, 0.2) is 30.7 Å². The van der Waals surface area contributed by atoms with E-state index in [0.717, 1.165) is 11.8 Å². The summed E-state index contributed by atoms with van der Waals surface area (Å²) >= 11 is 7.28. The Labute approximate surface area is 185 Å². The van der Waals surface area contributed by atoms with Gasteiger partial charge in [-0.3, -0.25) is 9.78 Å². The zero-order valence-electron chi connectivity index (χ0n) is 17.5. The third-order valence-electron chi connectivity index (χ3n) is 3.96. The Balaban J connectivity index is 0.00000103. The van der Waals surface area contributed by atoms with Crippen LogP contribution < -0.4 is 4.90 Å². The fourth-order valence-electron chi connectivity index (χ4n) is 2.21. The molecule has 5 nitrogen and oxygen atoms in total. The minimum absolute atomic E-state index is 0.0530. The molecule has 168 valence electrons. The number of carbonyl (C=O) groups excluding carboxylic acids is 1. The van der Waals surface area contributed by atoms with Gasteiger partial charge in [0.15, 0.2) is 5.15 Å². The summed E-state index contributed by atoms with van der Waals surface area (Å²) in [5, 5.41) is 4.36. The molecule has 2 rings (SSSR count). The summed E-state index contributed by atoms with van der Waals surface area (Å²) in [6.45, 7) is 6.54. The van der Waals surface area contributed by atoms with Gasteiger partial charge >= 0.3 is 6.18 Å².